The van der Waals surface area contributed by atoms with Crippen molar-refractivity contribution in [3.05, 3.63) is 29.8 Å². The summed E-state index contributed by atoms with van der Waals surface area (Å²) in [7, 11) is 1.34. The number of anilines is 1. The molecule has 0 heterocycles. The molecule has 1 aliphatic carbocycles. The molecule has 0 saturated heterocycles. The van der Waals surface area contributed by atoms with Crippen molar-refractivity contribution >= 4 is 17.6 Å². The third-order valence-corrected chi connectivity index (χ3v) is 3.97. The highest BCUT2D eigenvalue weighted by molar-refractivity contribution is 5.95. The van der Waals surface area contributed by atoms with Gasteiger partial charge in [0.05, 0.1) is 19.2 Å². The van der Waals surface area contributed by atoms with Gasteiger partial charge in [-0.25, -0.2) is 4.79 Å². The number of hydrogen-bond donors (Lipinski definition) is 2. The maximum Gasteiger partial charge on any atom is 0.337 e. The minimum atomic E-state index is -0.410. The van der Waals surface area contributed by atoms with Gasteiger partial charge in [-0.05, 0) is 31.0 Å². The topological polar surface area (TPSA) is 67.4 Å². The SMILES string of the molecule is COC(=O)c1cccc(NC(=O)CNC2CCCCCC2)c1. The summed E-state index contributed by atoms with van der Waals surface area (Å²) in [6, 6.07) is 7.20. The fourth-order valence-corrected chi connectivity index (χ4v) is 2.77. The Morgan fingerprint density at radius 3 is 2.59 bits per heavy atom. The van der Waals surface area contributed by atoms with Crippen LogP contribution in [0.2, 0.25) is 0 Å². The molecule has 5 nitrogen and oxygen atoms in total. The first-order chi connectivity index (χ1) is 10.7. The molecular weight excluding hydrogens is 280 g/mol. The zero-order valence-corrected chi connectivity index (χ0v) is 13.1. The fraction of sp³-hybridized carbons (Fsp3) is 0.529. The summed E-state index contributed by atoms with van der Waals surface area (Å²) in [5, 5.41) is 6.13. The van der Waals surface area contributed by atoms with Crippen LogP contribution < -0.4 is 10.6 Å². The zero-order chi connectivity index (χ0) is 15.8. The van der Waals surface area contributed by atoms with E-state index >= 15 is 0 Å². The number of amides is 1. The second-order valence-electron chi connectivity index (χ2n) is 5.69. The largest absolute Gasteiger partial charge is 0.465 e. The van der Waals surface area contributed by atoms with Crippen molar-refractivity contribution in [2.75, 3.05) is 19.0 Å². The lowest BCUT2D eigenvalue weighted by Gasteiger charge is -2.16. The maximum atomic E-state index is 12.0. The first kappa shape index (κ1) is 16.5. The van der Waals surface area contributed by atoms with Crippen molar-refractivity contribution in [1.29, 1.82) is 0 Å². The Balaban J connectivity index is 1.82. The number of ether oxygens (including phenoxy) is 1. The molecule has 0 unspecified atom stereocenters. The van der Waals surface area contributed by atoms with E-state index in [9.17, 15) is 9.59 Å². The van der Waals surface area contributed by atoms with Crippen LogP contribution in [-0.4, -0.2) is 31.6 Å². The summed E-state index contributed by atoms with van der Waals surface area (Å²) >= 11 is 0. The summed E-state index contributed by atoms with van der Waals surface area (Å²) in [5.41, 5.74) is 1.03. The molecule has 2 rings (SSSR count). The molecule has 0 bridgehead atoms. The van der Waals surface area contributed by atoms with E-state index < -0.39 is 5.97 Å². The molecule has 120 valence electrons. The second kappa shape index (κ2) is 8.54. The van der Waals surface area contributed by atoms with Gasteiger partial charge in [-0.2, -0.15) is 0 Å². The first-order valence-corrected chi connectivity index (χ1v) is 7.90. The smallest absolute Gasteiger partial charge is 0.337 e. The number of methoxy groups -OCH3 is 1. The third kappa shape index (κ3) is 5.15. The van der Waals surface area contributed by atoms with Crippen molar-refractivity contribution in [2.45, 2.75) is 44.6 Å². The minimum Gasteiger partial charge on any atom is -0.465 e. The van der Waals surface area contributed by atoms with E-state index in [1.807, 2.05) is 0 Å². The molecule has 1 aromatic carbocycles. The van der Waals surface area contributed by atoms with Gasteiger partial charge < -0.3 is 15.4 Å². The molecule has 0 spiro atoms. The molecule has 1 fully saturated rings. The summed E-state index contributed by atoms with van der Waals surface area (Å²) < 4.78 is 4.67. The summed E-state index contributed by atoms with van der Waals surface area (Å²) in [6.45, 7) is 0.299. The molecule has 22 heavy (non-hydrogen) atoms. The average Bonchev–Trinajstić information content (AvgIpc) is 2.81. The van der Waals surface area contributed by atoms with Crippen LogP contribution in [0, 0.1) is 0 Å². The predicted octanol–water partition coefficient (Wildman–Crippen LogP) is 2.72. The number of nitrogens with one attached hydrogen (secondary N) is 2. The number of hydrogen-bond acceptors (Lipinski definition) is 4. The molecule has 1 aliphatic rings. The van der Waals surface area contributed by atoms with Crippen molar-refractivity contribution in [3.8, 4) is 0 Å². The molecular formula is C17H24N2O3. The van der Waals surface area contributed by atoms with Crippen LogP contribution in [0.3, 0.4) is 0 Å². The van der Waals surface area contributed by atoms with E-state index in [1.54, 1.807) is 24.3 Å². The number of esters is 1. The van der Waals surface area contributed by atoms with Crippen molar-refractivity contribution < 1.29 is 14.3 Å². The first-order valence-electron chi connectivity index (χ1n) is 7.90. The standard InChI is InChI=1S/C17H24N2O3/c1-22-17(21)13-7-6-10-15(11-13)19-16(20)12-18-14-8-4-2-3-5-9-14/h6-7,10-11,14,18H,2-5,8-9,12H2,1H3,(H,19,20). The van der Waals surface area contributed by atoms with Gasteiger partial charge in [0.15, 0.2) is 0 Å². The lowest BCUT2D eigenvalue weighted by molar-refractivity contribution is -0.115. The summed E-state index contributed by atoms with van der Waals surface area (Å²) in [5.74, 6) is -0.501. The van der Waals surface area contributed by atoms with E-state index in [0.717, 1.165) is 12.8 Å². The molecule has 1 amide bonds. The molecule has 0 atom stereocenters. The Labute approximate surface area is 131 Å². The highest BCUT2D eigenvalue weighted by Gasteiger charge is 2.13. The zero-order valence-electron chi connectivity index (χ0n) is 13.1. The van der Waals surface area contributed by atoms with Crippen LogP contribution in [-0.2, 0) is 9.53 Å². The monoisotopic (exact) mass is 304 g/mol. The molecule has 0 radical (unpaired) electrons. The van der Waals surface area contributed by atoms with Gasteiger partial charge in [0.1, 0.15) is 0 Å². The molecule has 0 aliphatic heterocycles. The maximum absolute atomic E-state index is 12.0. The van der Waals surface area contributed by atoms with Gasteiger partial charge >= 0.3 is 5.97 Å². The van der Waals surface area contributed by atoms with Crippen molar-refractivity contribution in [3.63, 3.8) is 0 Å². The van der Waals surface area contributed by atoms with E-state index in [1.165, 1.54) is 32.8 Å². The Morgan fingerprint density at radius 2 is 1.91 bits per heavy atom. The highest BCUT2D eigenvalue weighted by atomic mass is 16.5. The highest BCUT2D eigenvalue weighted by Crippen LogP contribution is 2.17. The van der Waals surface area contributed by atoms with Gasteiger partial charge in [0.2, 0.25) is 5.91 Å². The van der Waals surface area contributed by atoms with Gasteiger partial charge in [-0.1, -0.05) is 31.7 Å². The average molecular weight is 304 g/mol. The van der Waals surface area contributed by atoms with E-state index in [0.29, 0.717) is 23.8 Å². The molecule has 5 heteroatoms. The fourth-order valence-electron chi connectivity index (χ4n) is 2.77. The second-order valence-corrected chi connectivity index (χ2v) is 5.69. The quantitative estimate of drug-likeness (QED) is 0.648. The van der Waals surface area contributed by atoms with Crippen LogP contribution >= 0.6 is 0 Å². The van der Waals surface area contributed by atoms with Gasteiger partial charge in [0.25, 0.3) is 0 Å². The van der Waals surface area contributed by atoms with Crippen LogP contribution in [0.4, 0.5) is 5.69 Å². The van der Waals surface area contributed by atoms with Gasteiger partial charge in [-0.3, -0.25) is 4.79 Å². The third-order valence-electron chi connectivity index (χ3n) is 3.97. The van der Waals surface area contributed by atoms with Crippen LogP contribution in [0.15, 0.2) is 24.3 Å². The molecule has 1 aromatic rings. The minimum absolute atomic E-state index is 0.0914. The van der Waals surface area contributed by atoms with E-state index in [-0.39, 0.29) is 5.91 Å². The normalized spacial score (nSPS) is 15.9. The number of carbonyl (C=O) groups is 2. The molecule has 1 saturated carbocycles. The summed E-state index contributed by atoms with van der Waals surface area (Å²) in [6.07, 6.45) is 7.35. The Bertz CT molecular complexity index is 508. The van der Waals surface area contributed by atoms with Crippen molar-refractivity contribution in [2.24, 2.45) is 0 Å². The van der Waals surface area contributed by atoms with Gasteiger partial charge in [0, 0.05) is 11.7 Å². The molecule has 2 N–H and O–H groups in total. The van der Waals surface area contributed by atoms with E-state index in [4.69, 9.17) is 0 Å². The number of benzene rings is 1. The predicted molar refractivity (Wildman–Crippen MR) is 85.9 cm³/mol. The van der Waals surface area contributed by atoms with Crippen molar-refractivity contribution in [1.82, 2.24) is 5.32 Å². The summed E-state index contributed by atoms with van der Waals surface area (Å²) in [4.78, 5) is 23.5. The Kier molecular flexibility index (Phi) is 6.40. The molecule has 0 aromatic heterocycles. The number of carbonyl (C=O) groups excluding carboxylic acids is 2. The lowest BCUT2D eigenvalue weighted by Crippen LogP contribution is -2.35. The lowest BCUT2D eigenvalue weighted by atomic mass is 10.1. The Morgan fingerprint density at radius 1 is 1.18 bits per heavy atom. The van der Waals surface area contributed by atoms with Crippen LogP contribution in [0.25, 0.3) is 0 Å². The van der Waals surface area contributed by atoms with E-state index in [2.05, 4.69) is 15.4 Å². The number of rotatable bonds is 5. The van der Waals surface area contributed by atoms with Crippen LogP contribution in [0.1, 0.15) is 48.9 Å². The van der Waals surface area contributed by atoms with Gasteiger partial charge in [-0.15, -0.1) is 0 Å². The Hall–Kier alpha value is -1.88. The van der Waals surface area contributed by atoms with Crippen LogP contribution in [0.5, 0.6) is 0 Å².